The van der Waals surface area contributed by atoms with Crippen molar-refractivity contribution in [2.75, 3.05) is 0 Å². The Labute approximate surface area is 150 Å². The molecular weight excluding hydrogens is 521 g/mol. The molecule has 2 rings (SSSR count). The van der Waals surface area contributed by atoms with Crippen molar-refractivity contribution in [3.8, 4) is 0 Å². The van der Waals surface area contributed by atoms with E-state index in [-0.39, 0.29) is 29.1 Å². The average Bonchev–Trinajstić information content (AvgIpc) is 2.91. The maximum Gasteiger partial charge on any atom is 4.00 e. The summed E-state index contributed by atoms with van der Waals surface area (Å²) in [5, 5.41) is 0. The first-order valence-corrected chi connectivity index (χ1v) is 26.7. The molecule has 0 unspecified atom stereocenters. The molecule has 0 bridgehead atoms. The topological polar surface area (TPSA) is 0 Å². The van der Waals surface area contributed by atoms with E-state index >= 15 is 0 Å². The van der Waals surface area contributed by atoms with Crippen LogP contribution in [0.25, 0.3) is 0 Å². The normalized spacial score (nSPS) is 17.4. The molecule has 2 aliphatic rings. The zero-order valence-electron chi connectivity index (χ0n) is 15.2. The summed E-state index contributed by atoms with van der Waals surface area (Å²) in [6, 6.07) is 0. The van der Waals surface area contributed by atoms with E-state index in [2.05, 4.69) is 66.1 Å². The van der Waals surface area contributed by atoms with E-state index in [4.69, 9.17) is 0 Å². The molecule has 0 N–H and O–H groups in total. The van der Waals surface area contributed by atoms with Crippen LogP contribution in [-0.2, 0) is 26.2 Å². The van der Waals surface area contributed by atoms with Crippen LogP contribution in [0.4, 0.5) is 0 Å². The van der Waals surface area contributed by atoms with Crippen molar-refractivity contribution in [2.45, 2.75) is 42.5 Å². The molecule has 0 saturated heterocycles. The Bertz CT molecular complexity index is 371. The molecule has 19 heavy (non-hydrogen) atoms. The molecule has 3 heteroatoms. The SMILES string of the molecule is [CH3][Sn]([CH3])([CH3])[C]1=[C-]CC=C1.[CH3][Sn]([CH3])([CH3])[C]1=[C-]CC=C1.[H-].[H-].[Zr+4]. The second kappa shape index (κ2) is 8.78. The van der Waals surface area contributed by atoms with Gasteiger partial charge in [0.2, 0.25) is 0 Å². The van der Waals surface area contributed by atoms with Crippen molar-refractivity contribution < 1.29 is 29.1 Å². The molecule has 0 fully saturated rings. The Balaban J connectivity index is -0.000000270. The van der Waals surface area contributed by atoms with Gasteiger partial charge in [0.15, 0.2) is 0 Å². The third-order valence-corrected chi connectivity index (χ3v) is 14.2. The molecule has 2 aliphatic carbocycles. The Hall–Kier alpha value is 1.44. The van der Waals surface area contributed by atoms with E-state index in [1.54, 1.807) is 7.18 Å². The fourth-order valence-electron chi connectivity index (χ4n) is 1.84. The monoisotopic (exact) mass is 550 g/mol. The van der Waals surface area contributed by atoms with Gasteiger partial charge in [-0.15, -0.1) is 0 Å². The van der Waals surface area contributed by atoms with Crippen LogP contribution in [-0.4, -0.2) is 36.8 Å². The molecule has 0 aromatic carbocycles. The van der Waals surface area contributed by atoms with Gasteiger partial charge in [-0.05, 0) is 0 Å². The van der Waals surface area contributed by atoms with Gasteiger partial charge >= 0.3 is 149 Å². The number of hydrogen-bond donors (Lipinski definition) is 0. The summed E-state index contributed by atoms with van der Waals surface area (Å²) in [5.74, 6) is 0. The van der Waals surface area contributed by atoms with Crippen LogP contribution in [0.15, 0.2) is 31.5 Å². The summed E-state index contributed by atoms with van der Waals surface area (Å²) in [6.07, 6.45) is 17.8. The molecule has 0 atom stereocenters. The first kappa shape index (κ1) is 20.4. The van der Waals surface area contributed by atoms with E-state index in [9.17, 15) is 0 Å². The van der Waals surface area contributed by atoms with Crippen molar-refractivity contribution in [1.29, 1.82) is 0 Å². The fraction of sp³-hybridized carbons (Fsp3) is 0.500. The van der Waals surface area contributed by atoms with E-state index in [1.807, 2.05) is 0 Å². The zero-order chi connectivity index (χ0) is 13.8. The van der Waals surface area contributed by atoms with Crippen LogP contribution < -0.4 is 0 Å². The largest absolute Gasteiger partial charge is 4.00 e. The first-order valence-electron chi connectivity index (χ1n) is 6.77. The molecule has 0 spiro atoms. The summed E-state index contributed by atoms with van der Waals surface area (Å²) in [7, 11) is 0. The summed E-state index contributed by atoms with van der Waals surface area (Å²) in [5.41, 5.74) is 0. The molecule has 0 heterocycles. The molecular formula is C16H28Sn2Zr. The summed E-state index contributed by atoms with van der Waals surface area (Å²) >= 11 is -3.35. The molecule has 104 valence electrons. The third-order valence-electron chi connectivity index (χ3n) is 3.01. The van der Waals surface area contributed by atoms with Crippen molar-refractivity contribution in [3.63, 3.8) is 0 Å². The van der Waals surface area contributed by atoms with Gasteiger partial charge in [-0.3, -0.25) is 0 Å². The molecule has 0 radical (unpaired) electrons. The van der Waals surface area contributed by atoms with E-state index < -0.39 is 36.8 Å². The van der Waals surface area contributed by atoms with Gasteiger partial charge in [0.25, 0.3) is 0 Å². The smallest absolute Gasteiger partial charge is 1.00 e. The van der Waals surface area contributed by atoms with Gasteiger partial charge in [-0.2, -0.15) is 0 Å². The fourth-order valence-corrected chi connectivity index (χ4v) is 8.98. The standard InChI is InChI=1S/2C5H4.6CH3.2Sn.Zr.2H/c2*1-2-4-5-3-1;;;;;;;;;;;/h2*1-2H,3H2;6*1H3;;;;;/q2*-1;;;;;;;;;+4;2*-1. The Morgan fingerprint density at radius 3 is 1.21 bits per heavy atom. The Morgan fingerprint density at radius 2 is 1.11 bits per heavy atom. The summed E-state index contributed by atoms with van der Waals surface area (Å²) in [6.45, 7) is 0. The van der Waals surface area contributed by atoms with E-state index in [0.29, 0.717) is 0 Å². The van der Waals surface area contributed by atoms with Crippen molar-refractivity contribution in [3.05, 3.63) is 43.6 Å². The molecule has 0 amide bonds. The summed E-state index contributed by atoms with van der Waals surface area (Å²) < 4.78 is 3.12. The van der Waals surface area contributed by atoms with Gasteiger partial charge in [0, 0.05) is 0 Å². The number of rotatable bonds is 2. The second-order valence-corrected chi connectivity index (χ2v) is 35.7. The van der Waals surface area contributed by atoms with Crippen LogP contribution in [0, 0.1) is 12.2 Å². The van der Waals surface area contributed by atoms with E-state index in [1.165, 1.54) is 0 Å². The van der Waals surface area contributed by atoms with E-state index in [0.717, 1.165) is 12.8 Å². The van der Waals surface area contributed by atoms with Gasteiger partial charge in [0.1, 0.15) is 0 Å². The predicted molar refractivity (Wildman–Crippen MR) is 89.9 cm³/mol. The quantitative estimate of drug-likeness (QED) is 0.323. The zero-order valence-corrected chi connectivity index (χ0v) is 21.4. The molecule has 0 aromatic heterocycles. The van der Waals surface area contributed by atoms with Crippen molar-refractivity contribution in [2.24, 2.45) is 0 Å². The van der Waals surface area contributed by atoms with Gasteiger partial charge < -0.3 is 2.85 Å². The first-order chi connectivity index (χ1) is 8.21. The van der Waals surface area contributed by atoms with Gasteiger partial charge in [0.05, 0.1) is 0 Å². The van der Waals surface area contributed by atoms with Crippen molar-refractivity contribution in [1.82, 2.24) is 0 Å². The second-order valence-electron chi connectivity index (χ2n) is 6.89. The maximum absolute atomic E-state index is 3.40. The Morgan fingerprint density at radius 1 is 0.789 bits per heavy atom. The number of hydrogen-bond acceptors (Lipinski definition) is 0. The third kappa shape index (κ3) is 7.85. The van der Waals surface area contributed by atoms with Crippen LogP contribution in [0.3, 0.4) is 0 Å². The number of allylic oxidation sites excluding steroid dienone is 8. The van der Waals surface area contributed by atoms with Crippen LogP contribution in [0.5, 0.6) is 0 Å². The molecule has 0 saturated carbocycles. The van der Waals surface area contributed by atoms with Crippen LogP contribution in [0.1, 0.15) is 15.7 Å². The predicted octanol–water partition coefficient (Wildman–Crippen LogP) is 5.33. The van der Waals surface area contributed by atoms with Crippen LogP contribution in [0.2, 0.25) is 29.6 Å². The molecule has 0 nitrogen and oxygen atoms in total. The molecule has 0 aromatic rings. The van der Waals surface area contributed by atoms with Crippen molar-refractivity contribution >= 4 is 36.8 Å². The summed E-state index contributed by atoms with van der Waals surface area (Å²) in [4.78, 5) is 14.5. The Kier molecular flexibility index (Phi) is 9.45. The maximum atomic E-state index is 3.40. The van der Waals surface area contributed by atoms with Gasteiger partial charge in [-0.25, -0.2) is 0 Å². The average molecular weight is 549 g/mol. The minimum Gasteiger partial charge on any atom is -1.00 e. The molecule has 0 aliphatic heterocycles. The minimum absolute atomic E-state index is 0. The minimum atomic E-state index is -1.67. The van der Waals surface area contributed by atoms with Crippen LogP contribution >= 0.6 is 0 Å². The van der Waals surface area contributed by atoms with Gasteiger partial charge in [-0.1, -0.05) is 0 Å².